The molecule has 3 rings (SSSR count). The predicted molar refractivity (Wildman–Crippen MR) is 122 cm³/mol. The molecule has 154 valence electrons. The second-order valence-electron chi connectivity index (χ2n) is 6.29. The van der Waals surface area contributed by atoms with Crippen molar-refractivity contribution in [3.63, 3.8) is 0 Å². The van der Waals surface area contributed by atoms with Crippen molar-refractivity contribution in [1.29, 1.82) is 0 Å². The molecule has 0 saturated carbocycles. The van der Waals surface area contributed by atoms with Crippen LogP contribution in [0.4, 0.5) is 5.69 Å². The highest BCUT2D eigenvalue weighted by Gasteiger charge is 2.34. The van der Waals surface area contributed by atoms with Crippen LogP contribution in [0, 0.1) is 6.92 Å². The van der Waals surface area contributed by atoms with Crippen molar-refractivity contribution in [3.8, 4) is 5.75 Å². The number of carbonyl (C=O) groups excluding carboxylic acids is 2. The number of carbonyl (C=O) groups is 3. The smallest absolute Gasteiger partial charge is 0.341 e. The maximum Gasteiger partial charge on any atom is 0.341 e. The van der Waals surface area contributed by atoms with E-state index in [-0.39, 0.29) is 10.7 Å². The van der Waals surface area contributed by atoms with Gasteiger partial charge in [0.15, 0.2) is 11.7 Å². The number of hydrogen-bond donors (Lipinski definition) is 2. The van der Waals surface area contributed by atoms with Crippen LogP contribution in [0.15, 0.2) is 50.9 Å². The van der Waals surface area contributed by atoms with Gasteiger partial charge in [0.2, 0.25) is 0 Å². The Morgan fingerprint density at radius 1 is 1.20 bits per heavy atom. The average Bonchev–Trinajstić information content (AvgIpc) is 2.65. The van der Waals surface area contributed by atoms with Gasteiger partial charge >= 0.3 is 5.97 Å². The molecule has 2 amide bonds. The molecule has 1 heterocycles. The number of amides is 2. The van der Waals surface area contributed by atoms with Crippen molar-refractivity contribution >= 4 is 78.7 Å². The van der Waals surface area contributed by atoms with Crippen molar-refractivity contribution in [2.45, 2.75) is 6.92 Å². The van der Waals surface area contributed by atoms with E-state index in [1.54, 1.807) is 24.3 Å². The Bertz CT molecular complexity index is 1080. The Labute approximate surface area is 194 Å². The normalized spacial score (nSPS) is 15.4. The van der Waals surface area contributed by atoms with Gasteiger partial charge < -0.3 is 9.84 Å². The summed E-state index contributed by atoms with van der Waals surface area (Å²) >= 11 is 11.8. The standard InChI is InChI=1S/C20H14Br2N2O5S/c1-10-2-4-12(5-3-10)24-19(28)13(18(27)23-20(24)30)6-11-7-14(21)17(15(22)8-11)29-9-16(25)26/h2-8H,9H2,1H3,(H,25,26)(H,23,27,30)/b13-6+. The molecule has 1 aliphatic rings. The van der Waals surface area contributed by atoms with E-state index in [9.17, 15) is 14.4 Å². The Balaban J connectivity index is 1.96. The molecule has 2 aromatic rings. The first-order valence-corrected chi connectivity index (χ1v) is 10.5. The number of halogens is 2. The number of hydrogen-bond acceptors (Lipinski definition) is 5. The third-order valence-corrected chi connectivity index (χ3v) is 5.53. The second kappa shape index (κ2) is 9.07. The van der Waals surface area contributed by atoms with Crippen LogP contribution in [-0.4, -0.2) is 34.6 Å². The van der Waals surface area contributed by atoms with E-state index in [1.165, 1.54) is 11.0 Å². The lowest BCUT2D eigenvalue weighted by molar-refractivity contribution is -0.139. The summed E-state index contributed by atoms with van der Waals surface area (Å²) in [5.74, 6) is -1.98. The van der Waals surface area contributed by atoms with E-state index < -0.39 is 24.4 Å². The topological polar surface area (TPSA) is 95.9 Å². The maximum absolute atomic E-state index is 13.0. The monoisotopic (exact) mass is 552 g/mol. The van der Waals surface area contributed by atoms with Crippen LogP contribution < -0.4 is 15.0 Å². The van der Waals surface area contributed by atoms with Crippen molar-refractivity contribution in [3.05, 3.63) is 62.0 Å². The minimum Gasteiger partial charge on any atom is -0.480 e. The number of rotatable bonds is 5. The number of benzene rings is 2. The zero-order valence-electron chi connectivity index (χ0n) is 15.4. The summed E-state index contributed by atoms with van der Waals surface area (Å²) in [5, 5.41) is 11.3. The van der Waals surface area contributed by atoms with E-state index in [0.717, 1.165) is 5.56 Å². The van der Waals surface area contributed by atoms with Crippen molar-refractivity contribution in [1.82, 2.24) is 5.32 Å². The molecule has 0 atom stereocenters. The van der Waals surface area contributed by atoms with Crippen LogP contribution in [0.25, 0.3) is 6.08 Å². The van der Waals surface area contributed by atoms with E-state index in [2.05, 4.69) is 37.2 Å². The van der Waals surface area contributed by atoms with Crippen LogP contribution >= 0.6 is 44.1 Å². The summed E-state index contributed by atoms with van der Waals surface area (Å²) in [6, 6.07) is 10.4. The van der Waals surface area contributed by atoms with Gasteiger partial charge in [-0.05, 0) is 86.9 Å². The van der Waals surface area contributed by atoms with Crippen LogP contribution in [0.1, 0.15) is 11.1 Å². The summed E-state index contributed by atoms with van der Waals surface area (Å²) in [4.78, 5) is 37.5. The predicted octanol–water partition coefficient (Wildman–Crippen LogP) is 3.81. The zero-order valence-corrected chi connectivity index (χ0v) is 19.4. The second-order valence-corrected chi connectivity index (χ2v) is 8.38. The first-order chi connectivity index (χ1) is 14.2. The summed E-state index contributed by atoms with van der Waals surface area (Å²) in [6.07, 6.45) is 1.43. The van der Waals surface area contributed by atoms with Gasteiger partial charge in [0.25, 0.3) is 11.8 Å². The number of carboxylic acids is 1. The lowest BCUT2D eigenvalue weighted by atomic mass is 10.1. The molecule has 2 aromatic carbocycles. The molecule has 0 bridgehead atoms. The summed E-state index contributed by atoms with van der Waals surface area (Å²) in [5.41, 5.74) is 1.99. The molecule has 0 unspecified atom stereocenters. The van der Waals surface area contributed by atoms with Crippen LogP contribution in [-0.2, 0) is 14.4 Å². The molecule has 0 aliphatic carbocycles. The molecule has 0 radical (unpaired) electrons. The van der Waals surface area contributed by atoms with Crippen molar-refractivity contribution in [2.75, 3.05) is 11.5 Å². The van der Waals surface area contributed by atoms with Gasteiger partial charge in [-0.25, -0.2) is 4.79 Å². The number of nitrogens with one attached hydrogen (secondary N) is 1. The lowest BCUT2D eigenvalue weighted by Crippen LogP contribution is -2.54. The highest BCUT2D eigenvalue weighted by Crippen LogP contribution is 2.35. The fourth-order valence-corrected chi connectivity index (χ4v) is 4.42. The van der Waals surface area contributed by atoms with Crippen LogP contribution in [0.2, 0.25) is 0 Å². The average molecular weight is 554 g/mol. The Hall–Kier alpha value is -2.56. The maximum atomic E-state index is 13.0. The van der Waals surface area contributed by atoms with Crippen LogP contribution in [0.5, 0.6) is 5.75 Å². The van der Waals surface area contributed by atoms with Gasteiger partial charge in [-0.2, -0.15) is 0 Å². The van der Waals surface area contributed by atoms with Gasteiger partial charge in [0.05, 0.1) is 14.6 Å². The number of ether oxygens (including phenoxy) is 1. The van der Waals surface area contributed by atoms with Crippen molar-refractivity contribution < 1.29 is 24.2 Å². The number of aliphatic carboxylic acids is 1. The summed E-state index contributed by atoms with van der Waals surface area (Å²) in [7, 11) is 0. The van der Waals surface area contributed by atoms with Crippen molar-refractivity contribution in [2.24, 2.45) is 0 Å². The number of anilines is 1. The largest absolute Gasteiger partial charge is 0.480 e. The molecule has 1 saturated heterocycles. The third kappa shape index (κ3) is 4.77. The first-order valence-electron chi connectivity index (χ1n) is 8.49. The number of nitrogens with zero attached hydrogens (tertiary/aromatic N) is 1. The molecule has 1 fully saturated rings. The van der Waals surface area contributed by atoms with Gasteiger partial charge in [-0.1, -0.05) is 17.7 Å². The number of thiocarbonyl (C=S) groups is 1. The highest BCUT2D eigenvalue weighted by molar-refractivity contribution is 9.11. The minimum atomic E-state index is -1.11. The summed E-state index contributed by atoms with van der Waals surface area (Å²) < 4.78 is 6.15. The Kier molecular flexibility index (Phi) is 6.69. The van der Waals surface area contributed by atoms with Crippen LogP contribution in [0.3, 0.4) is 0 Å². The molecule has 0 aromatic heterocycles. The molecule has 2 N–H and O–H groups in total. The van der Waals surface area contributed by atoms with Gasteiger partial charge in [-0.15, -0.1) is 0 Å². The Morgan fingerprint density at radius 3 is 2.37 bits per heavy atom. The van der Waals surface area contributed by atoms with E-state index in [0.29, 0.717) is 25.9 Å². The lowest BCUT2D eigenvalue weighted by Gasteiger charge is -2.29. The highest BCUT2D eigenvalue weighted by atomic mass is 79.9. The Morgan fingerprint density at radius 2 is 1.80 bits per heavy atom. The van der Waals surface area contributed by atoms with E-state index in [1.807, 2.05) is 19.1 Å². The molecule has 0 spiro atoms. The van der Waals surface area contributed by atoms with E-state index >= 15 is 0 Å². The number of carboxylic acid groups (broad SMARTS) is 1. The fraction of sp³-hybridized carbons (Fsp3) is 0.100. The van der Waals surface area contributed by atoms with Gasteiger partial charge in [-0.3, -0.25) is 19.8 Å². The molecule has 1 aliphatic heterocycles. The van der Waals surface area contributed by atoms with Gasteiger partial charge in [0.1, 0.15) is 11.3 Å². The molecule has 30 heavy (non-hydrogen) atoms. The summed E-state index contributed by atoms with van der Waals surface area (Å²) in [6.45, 7) is 1.41. The van der Waals surface area contributed by atoms with Gasteiger partial charge in [0, 0.05) is 0 Å². The van der Waals surface area contributed by atoms with E-state index in [4.69, 9.17) is 22.1 Å². The molecular formula is C20H14Br2N2O5S. The number of aryl methyl sites for hydroxylation is 1. The third-order valence-electron chi connectivity index (χ3n) is 4.07. The molecular weight excluding hydrogens is 540 g/mol. The zero-order chi connectivity index (χ0) is 22.0. The SMILES string of the molecule is Cc1ccc(N2C(=O)/C(=C/c3cc(Br)c(OCC(=O)O)c(Br)c3)C(=O)NC2=S)cc1. The minimum absolute atomic E-state index is 0.00535. The first kappa shape index (κ1) is 22.1. The molecule has 7 nitrogen and oxygen atoms in total. The molecule has 10 heteroatoms. The fourth-order valence-electron chi connectivity index (χ4n) is 2.69. The quantitative estimate of drug-likeness (QED) is 0.332.